The zero-order valence-corrected chi connectivity index (χ0v) is 15.7. The third kappa shape index (κ3) is 3.94. The lowest BCUT2D eigenvalue weighted by Gasteiger charge is -2.06. The molecule has 0 aliphatic rings. The van der Waals surface area contributed by atoms with Crippen LogP contribution in [0.25, 0.3) is 0 Å². The van der Waals surface area contributed by atoms with Crippen LogP contribution in [0.15, 0.2) is 62.1 Å². The summed E-state index contributed by atoms with van der Waals surface area (Å²) in [6.07, 6.45) is 0. The molecule has 0 saturated heterocycles. The number of nitrogens with one attached hydrogen (secondary N) is 2. The van der Waals surface area contributed by atoms with Crippen LogP contribution in [0.5, 0.6) is 0 Å². The lowest BCUT2D eigenvalue weighted by atomic mass is 10.2. The number of hydrogen-bond acceptors (Lipinski definition) is 5. The molecule has 0 fully saturated rings. The summed E-state index contributed by atoms with van der Waals surface area (Å²) in [5, 5.41) is 12.4. The van der Waals surface area contributed by atoms with Crippen molar-refractivity contribution < 1.29 is 14.2 Å². The summed E-state index contributed by atoms with van der Waals surface area (Å²) >= 11 is 6.61. The van der Waals surface area contributed by atoms with E-state index < -0.39 is 11.8 Å². The average Bonchev–Trinajstić information content (AvgIpc) is 3.02. The van der Waals surface area contributed by atoms with Gasteiger partial charge in [-0.3, -0.25) is 9.59 Å². The van der Waals surface area contributed by atoms with Gasteiger partial charge in [0.1, 0.15) is 0 Å². The number of carbonyl (C=O) groups excluding carboxylic acids is 2. The monoisotopic (exact) mass is 464 g/mol. The van der Waals surface area contributed by atoms with E-state index in [9.17, 15) is 9.59 Å². The van der Waals surface area contributed by atoms with Gasteiger partial charge >= 0.3 is 0 Å². The van der Waals surface area contributed by atoms with Gasteiger partial charge in [0.05, 0.1) is 11.1 Å². The van der Waals surface area contributed by atoms with E-state index in [0.717, 1.165) is 0 Å². The van der Waals surface area contributed by atoms with Gasteiger partial charge in [-0.05, 0) is 66.4 Å². The first kappa shape index (κ1) is 17.3. The van der Waals surface area contributed by atoms with Crippen LogP contribution >= 0.6 is 31.9 Å². The first-order valence-electron chi connectivity index (χ1n) is 7.00. The Morgan fingerprint density at radius 3 is 1.56 bits per heavy atom. The SMILES string of the molecule is O=C(Nc1nonc1NC(=O)c1ccccc1Br)c1ccccc1Br. The number of benzene rings is 2. The van der Waals surface area contributed by atoms with Crippen molar-refractivity contribution in [3.8, 4) is 0 Å². The second-order valence-electron chi connectivity index (χ2n) is 4.83. The number of carbonyl (C=O) groups is 2. The molecule has 2 aromatic carbocycles. The normalized spacial score (nSPS) is 10.3. The van der Waals surface area contributed by atoms with Gasteiger partial charge < -0.3 is 10.6 Å². The minimum atomic E-state index is -0.417. The molecule has 126 valence electrons. The first-order valence-corrected chi connectivity index (χ1v) is 8.59. The van der Waals surface area contributed by atoms with E-state index in [0.29, 0.717) is 20.1 Å². The van der Waals surface area contributed by atoms with Crippen molar-refractivity contribution in [1.82, 2.24) is 10.3 Å². The van der Waals surface area contributed by atoms with E-state index in [2.05, 4.69) is 57.4 Å². The Morgan fingerprint density at radius 1 is 0.760 bits per heavy atom. The fraction of sp³-hybridized carbons (Fsp3) is 0. The predicted molar refractivity (Wildman–Crippen MR) is 98.5 cm³/mol. The molecule has 0 radical (unpaired) electrons. The molecule has 9 heteroatoms. The molecule has 7 nitrogen and oxygen atoms in total. The van der Waals surface area contributed by atoms with E-state index in [1.807, 2.05) is 0 Å². The lowest BCUT2D eigenvalue weighted by Crippen LogP contribution is -2.17. The highest BCUT2D eigenvalue weighted by molar-refractivity contribution is 9.10. The molecule has 0 atom stereocenters. The van der Waals surface area contributed by atoms with Crippen LogP contribution < -0.4 is 10.6 Å². The van der Waals surface area contributed by atoms with Crippen molar-refractivity contribution >= 4 is 55.3 Å². The van der Waals surface area contributed by atoms with E-state index in [4.69, 9.17) is 0 Å². The van der Waals surface area contributed by atoms with Crippen LogP contribution in [-0.4, -0.2) is 22.1 Å². The van der Waals surface area contributed by atoms with Crippen molar-refractivity contribution in [3.05, 3.63) is 68.6 Å². The van der Waals surface area contributed by atoms with Crippen LogP contribution in [0.3, 0.4) is 0 Å². The molecule has 2 N–H and O–H groups in total. The third-order valence-electron chi connectivity index (χ3n) is 3.19. The fourth-order valence-electron chi connectivity index (χ4n) is 1.99. The molecular formula is C16H10Br2N4O3. The zero-order chi connectivity index (χ0) is 17.8. The molecule has 3 aromatic rings. The largest absolute Gasteiger partial charge is 0.300 e. The summed E-state index contributed by atoms with van der Waals surface area (Å²) in [6.45, 7) is 0. The Hall–Kier alpha value is -2.52. The fourth-order valence-corrected chi connectivity index (χ4v) is 2.92. The molecule has 0 saturated carbocycles. The van der Waals surface area contributed by atoms with Crippen molar-refractivity contribution in [1.29, 1.82) is 0 Å². The number of hydrogen-bond donors (Lipinski definition) is 2. The number of anilines is 2. The molecule has 3 rings (SSSR count). The van der Waals surface area contributed by atoms with Crippen LogP contribution in [0.2, 0.25) is 0 Å². The van der Waals surface area contributed by atoms with Crippen LogP contribution in [0.4, 0.5) is 11.6 Å². The first-order chi connectivity index (χ1) is 12.1. The van der Waals surface area contributed by atoms with Gasteiger partial charge in [-0.15, -0.1) is 0 Å². The summed E-state index contributed by atoms with van der Waals surface area (Å²) in [5.41, 5.74) is 0.821. The molecular weight excluding hydrogens is 456 g/mol. The number of halogens is 2. The van der Waals surface area contributed by atoms with Gasteiger partial charge in [0, 0.05) is 8.95 Å². The number of amides is 2. The highest BCUT2D eigenvalue weighted by Gasteiger charge is 2.19. The van der Waals surface area contributed by atoms with Gasteiger partial charge in [0.15, 0.2) is 0 Å². The molecule has 25 heavy (non-hydrogen) atoms. The molecule has 0 bridgehead atoms. The smallest absolute Gasteiger partial charge is 0.258 e. The second-order valence-corrected chi connectivity index (χ2v) is 6.54. The summed E-state index contributed by atoms with van der Waals surface area (Å²) < 4.78 is 5.88. The summed E-state index contributed by atoms with van der Waals surface area (Å²) in [7, 11) is 0. The van der Waals surface area contributed by atoms with E-state index in [1.165, 1.54) is 0 Å². The Labute approximate surface area is 159 Å². The van der Waals surface area contributed by atoms with Crippen molar-refractivity contribution in [2.75, 3.05) is 10.6 Å². The standard InChI is InChI=1S/C16H10Br2N4O3/c17-11-7-3-1-5-9(11)15(23)19-13-14(22-25-21-13)20-16(24)10-6-2-4-8-12(10)18/h1-8H,(H,19,21,23)(H,20,22,24). The Bertz CT molecular complexity index is 868. The minimum absolute atomic E-state index is 0.0150. The Morgan fingerprint density at radius 2 is 1.16 bits per heavy atom. The summed E-state index contributed by atoms with van der Waals surface area (Å²) in [5.74, 6) is -0.804. The summed E-state index contributed by atoms with van der Waals surface area (Å²) in [6, 6.07) is 13.8. The molecule has 1 heterocycles. The zero-order valence-electron chi connectivity index (χ0n) is 12.5. The van der Waals surface area contributed by atoms with Crippen LogP contribution in [-0.2, 0) is 0 Å². The highest BCUT2D eigenvalue weighted by atomic mass is 79.9. The van der Waals surface area contributed by atoms with Gasteiger partial charge in [-0.25, -0.2) is 4.63 Å². The van der Waals surface area contributed by atoms with Crippen molar-refractivity contribution in [2.45, 2.75) is 0 Å². The third-order valence-corrected chi connectivity index (χ3v) is 4.57. The van der Waals surface area contributed by atoms with Gasteiger partial charge in [0.25, 0.3) is 11.8 Å². The lowest BCUT2D eigenvalue weighted by molar-refractivity contribution is 0.101. The maximum absolute atomic E-state index is 12.3. The number of nitrogens with zero attached hydrogens (tertiary/aromatic N) is 2. The van der Waals surface area contributed by atoms with E-state index in [1.54, 1.807) is 48.5 Å². The van der Waals surface area contributed by atoms with Crippen LogP contribution in [0.1, 0.15) is 20.7 Å². The maximum Gasteiger partial charge on any atom is 0.258 e. The predicted octanol–water partition coefficient (Wildman–Crippen LogP) is 4.10. The molecule has 0 aliphatic heterocycles. The molecule has 0 spiro atoms. The molecule has 0 aliphatic carbocycles. The Balaban J connectivity index is 1.77. The van der Waals surface area contributed by atoms with Crippen LogP contribution in [0, 0.1) is 0 Å². The van der Waals surface area contributed by atoms with Crippen molar-refractivity contribution in [2.24, 2.45) is 0 Å². The number of aromatic nitrogens is 2. The van der Waals surface area contributed by atoms with Gasteiger partial charge in [0.2, 0.25) is 11.6 Å². The second kappa shape index (κ2) is 7.58. The quantitative estimate of drug-likeness (QED) is 0.604. The van der Waals surface area contributed by atoms with E-state index >= 15 is 0 Å². The van der Waals surface area contributed by atoms with Gasteiger partial charge in [-0.2, -0.15) is 0 Å². The maximum atomic E-state index is 12.3. The Kier molecular flexibility index (Phi) is 5.25. The van der Waals surface area contributed by atoms with Gasteiger partial charge in [-0.1, -0.05) is 24.3 Å². The minimum Gasteiger partial charge on any atom is -0.300 e. The number of rotatable bonds is 4. The summed E-state index contributed by atoms with van der Waals surface area (Å²) in [4.78, 5) is 24.6. The molecule has 1 aromatic heterocycles. The highest BCUT2D eigenvalue weighted by Crippen LogP contribution is 2.22. The van der Waals surface area contributed by atoms with E-state index in [-0.39, 0.29) is 11.6 Å². The topological polar surface area (TPSA) is 97.1 Å². The average molecular weight is 466 g/mol. The molecule has 2 amide bonds. The molecule has 0 unspecified atom stereocenters. The van der Waals surface area contributed by atoms with Crippen molar-refractivity contribution in [3.63, 3.8) is 0 Å².